The molecule has 0 unspecified atom stereocenters. The van der Waals surface area contributed by atoms with Crippen molar-refractivity contribution in [3.63, 3.8) is 0 Å². The summed E-state index contributed by atoms with van der Waals surface area (Å²) in [5, 5.41) is 12.8. The van der Waals surface area contributed by atoms with Crippen molar-refractivity contribution >= 4 is 45.8 Å². The summed E-state index contributed by atoms with van der Waals surface area (Å²) in [5.41, 5.74) is 4.12. The molecule has 1 aliphatic carbocycles. The second-order valence-electron chi connectivity index (χ2n) is 8.56. The summed E-state index contributed by atoms with van der Waals surface area (Å²) in [6, 6.07) is 6.57. The fourth-order valence-electron chi connectivity index (χ4n) is 4.14. The van der Waals surface area contributed by atoms with Crippen LogP contribution >= 0.6 is 23.1 Å². The SMILES string of the molecule is CC(=O)N(c1nc(CSc2nnc(N3CCCC3)n2C2CC2)cs1)c1cccc(C)c1C. The van der Waals surface area contributed by atoms with E-state index < -0.39 is 0 Å². The summed E-state index contributed by atoms with van der Waals surface area (Å²) in [4.78, 5) is 21.4. The molecule has 0 radical (unpaired) electrons. The van der Waals surface area contributed by atoms with Crippen LogP contribution in [0.15, 0.2) is 28.7 Å². The number of aryl methyl sites for hydroxylation is 1. The molecule has 1 saturated carbocycles. The first-order valence-electron chi connectivity index (χ1n) is 11.2. The van der Waals surface area contributed by atoms with E-state index in [1.54, 1.807) is 23.6 Å². The monoisotopic (exact) mass is 468 g/mol. The van der Waals surface area contributed by atoms with Gasteiger partial charge < -0.3 is 4.90 Å². The summed E-state index contributed by atoms with van der Waals surface area (Å²) in [5.74, 6) is 1.71. The van der Waals surface area contributed by atoms with Gasteiger partial charge in [-0.2, -0.15) is 0 Å². The Kier molecular flexibility index (Phi) is 5.94. The molecule has 1 aromatic carbocycles. The first-order chi connectivity index (χ1) is 15.5. The van der Waals surface area contributed by atoms with Crippen molar-refractivity contribution in [1.82, 2.24) is 19.7 Å². The standard InChI is InChI=1S/C23H28N6OS2/c1-15-7-6-8-20(16(15)2)28(17(3)30)22-24-18(13-31-22)14-32-23-26-25-21(27-11-4-5-12-27)29(23)19-9-10-19/h6-8,13,19H,4-5,9-12,14H2,1-3H3. The number of amides is 1. The number of aromatic nitrogens is 4. The summed E-state index contributed by atoms with van der Waals surface area (Å²) in [6.45, 7) is 7.85. The van der Waals surface area contributed by atoms with E-state index in [1.165, 1.54) is 37.0 Å². The number of carbonyl (C=O) groups is 1. The highest BCUT2D eigenvalue weighted by Gasteiger charge is 2.32. The van der Waals surface area contributed by atoms with E-state index in [9.17, 15) is 4.79 Å². The molecule has 32 heavy (non-hydrogen) atoms. The molecular formula is C23H28N6OS2. The molecule has 2 aromatic heterocycles. The summed E-state index contributed by atoms with van der Waals surface area (Å²) < 4.78 is 2.33. The number of hydrogen-bond donors (Lipinski definition) is 0. The van der Waals surface area contributed by atoms with Gasteiger partial charge >= 0.3 is 0 Å². The normalized spacial score (nSPS) is 16.0. The van der Waals surface area contributed by atoms with E-state index in [0.717, 1.165) is 46.7 Å². The largest absolute Gasteiger partial charge is 0.341 e. The van der Waals surface area contributed by atoms with Gasteiger partial charge in [0.15, 0.2) is 10.3 Å². The van der Waals surface area contributed by atoms with Gasteiger partial charge in [-0.05, 0) is 56.7 Å². The molecule has 2 aliphatic rings. The van der Waals surface area contributed by atoms with Gasteiger partial charge in [-0.25, -0.2) is 4.98 Å². The lowest BCUT2D eigenvalue weighted by Crippen LogP contribution is -2.23. The third kappa shape index (κ3) is 4.15. The third-order valence-electron chi connectivity index (χ3n) is 6.16. The number of thiazole rings is 1. The number of hydrogen-bond acceptors (Lipinski definition) is 7. The molecule has 5 rings (SSSR count). The maximum Gasteiger partial charge on any atom is 0.230 e. The van der Waals surface area contributed by atoms with Crippen molar-refractivity contribution in [1.29, 1.82) is 0 Å². The smallest absolute Gasteiger partial charge is 0.230 e. The molecule has 0 bridgehead atoms. The van der Waals surface area contributed by atoms with Crippen molar-refractivity contribution in [3.05, 3.63) is 40.4 Å². The average Bonchev–Trinajstić information content (AvgIpc) is 3.17. The predicted octanol–water partition coefficient (Wildman–Crippen LogP) is 5.26. The van der Waals surface area contributed by atoms with Gasteiger partial charge in [-0.3, -0.25) is 14.3 Å². The molecular weight excluding hydrogens is 440 g/mol. The van der Waals surface area contributed by atoms with Crippen molar-refractivity contribution in [3.8, 4) is 0 Å². The van der Waals surface area contributed by atoms with Crippen molar-refractivity contribution in [2.45, 2.75) is 63.4 Å². The van der Waals surface area contributed by atoms with E-state index in [-0.39, 0.29) is 5.91 Å². The molecule has 0 atom stereocenters. The van der Waals surface area contributed by atoms with Gasteiger partial charge in [0.25, 0.3) is 0 Å². The average molecular weight is 469 g/mol. The number of anilines is 3. The Hall–Kier alpha value is -2.39. The molecule has 3 aromatic rings. The minimum Gasteiger partial charge on any atom is -0.341 e. The Morgan fingerprint density at radius 3 is 2.72 bits per heavy atom. The van der Waals surface area contributed by atoms with Gasteiger partial charge in [-0.15, -0.1) is 21.5 Å². The second-order valence-corrected chi connectivity index (χ2v) is 10.3. The molecule has 3 heterocycles. The van der Waals surface area contributed by atoms with E-state index >= 15 is 0 Å². The highest BCUT2D eigenvalue weighted by atomic mass is 32.2. The van der Waals surface area contributed by atoms with E-state index in [2.05, 4.69) is 32.7 Å². The van der Waals surface area contributed by atoms with Crippen LogP contribution in [0, 0.1) is 13.8 Å². The maximum absolute atomic E-state index is 12.5. The van der Waals surface area contributed by atoms with Gasteiger partial charge in [0, 0.05) is 37.2 Å². The zero-order valence-electron chi connectivity index (χ0n) is 18.7. The van der Waals surface area contributed by atoms with Gasteiger partial charge in [0.2, 0.25) is 11.9 Å². The highest BCUT2D eigenvalue weighted by molar-refractivity contribution is 7.98. The molecule has 9 heteroatoms. The summed E-state index contributed by atoms with van der Waals surface area (Å²) in [6.07, 6.45) is 4.87. The third-order valence-corrected chi connectivity index (χ3v) is 8.01. The Morgan fingerprint density at radius 2 is 2.00 bits per heavy atom. The molecule has 1 aliphatic heterocycles. The Balaban J connectivity index is 1.35. The van der Waals surface area contributed by atoms with Gasteiger partial charge in [0.1, 0.15) is 0 Å². The number of benzene rings is 1. The van der Waals surface area contributed by atoms with Crippen LogP contribution in [0.3, 0.4) is 0 Å². The Morgan fingerprint density at radius 1 is 1.22 bits per heavy atom. The molecule has 1 amide bonds. The highest BCUT2D eigenvalue weighted by Crippen LogP contribution is 2.42. The zero-order chi connectivity index (χ0) is 22.2. The van der Waals surface area contributed by atoms with Crippen molar-refractivity contribution < 1.29 is 4.79 Å². The van der Waals surface area contributed by atoms with Crippen LogP contribution in [0.4, 0.5) is 16.8 Å². The lowest BCUT2D eigenvalue weighted by atomic mass is 10.1. The van der Waals surface area contributed by atoms with Crippen molar-refractivity contribution in [2.75, 3.05) is 22.9 Å². The van der Waals surface area contributed by atoms with Gasteiger partial charge in [0.05, 0.1) is 11.4 Å². The minimum absolute atomic E-state index is 0.0315. The Labute approximate surface area is 196 Å². The Bertz CT molecular complexity index is 1130. The number of thioether (sulfide) groups is 1. The van der Waals surface area contributed by atoms with Gasteiger partial charge in [-0.1, -0.05) is 23.9 Å². The number of nitrogens with zero attached hydrogens (tertiary/aromatic N) is 6. The fourth-order valence-corrected chi connectivity index (χ4v) is 6.02. The minimum atomic E-state index is -0.0315. The first-order valence-corrected chi connectivity index (χ1v) is 13.0. The van der Waals surface area contributed by atoms with E-state index in [0.29, 0.717) is 16.9 Å². The fraction of sp³-hybridized carbons (Fsp3) is 0.478. The second kappa shape index (κ2) is 8.86. The quantitative estimate of drug-likeness (QED) is 0.441. The van der Waals surface area contributed by atoms with Crippen LogP contribution in [-0.4, -0.2) is 38.7 Å². The van der Waals surface area contributed by atoms with Crippen LogP contribution in [0.5, 0.6) is 0 Å². The van der Waals surface area contributed by atoms with Crippen LogP contribution in [-0.2, 0) is 10.5 Å². The zero-order valence-corrected chi connectivity index (χ0v) is 20.4. The summed E-state index contributed by atoms with van der Waals surface area (Å²) >= 11 is 3.19. The topological polar surface area (TPSA) is 67.2 Å². The molecule has 0 N–H and O–H groups in total. The summed E-state index contributed by atoms with van der Waals surface area (Å²) in [7, 11) is 0. The lowest BCUT2D eigenvalue weighted by molar-refractivity contribution is -0.115. The molecule has 168 valence electrons. The molecule has 7 nitrogen and oxygen atoms in total. The van der Waals surface area contributed by atoms with E-state index in [1.807, 2.05) is 24.4 Å². The maximum atomic E-state index is 12.5. The number of carbonyl (C=O) groups excluding carboxylic acids is 1. The molecule has 0 spiro atoms. The molecule has 1 saturated heterocycles. The first kappa shape index (κ1) is 21.5. The number of rotatable bonds is 7. The molecule has 2 fully saturated rings. The van der Waals surface area contributed by atoms with Crippen LogP contribution < -0.4 is 9.80 Å². The van der Waals surface area contributed by atoms with E-state index in [4.69, 9.17) is 4.98 Å². The van der Waals surface area contributed by atoms with Crippen molar-refractivity contribution in [2.24, 2.45) is 0 Å². The lowest BCUT2D eigenvalue weighted by Gasteiger charge is -2.21. The predicted molar refractivity (Wildman–Crippen MR) is 130 cm³/mol. The van der Waals surface area contributed by atoms with Crippen LogP contribution in [0.2, 0.25) is 0 Å². The van der Waals surface area contributed by atoms with Crippen LogP contribution in [0.1, 0.15) is 55.5 Å². The van der Waals surface area contributed by atoms with Crippen LogP contribution in [0.25, 0.3) is 0 Å².